The monoisotopic (exact) mass is 541 g/mol. The average Bonchev–Trinajstić information content (AvgIpc) is 3.02. The molecule has 0 aliphatic heterocycles. The molecule has 6 nitrogen and oxygen atoms in total. The summed E-state index contributed by atoms with van der Waals surface area (Å²) in [4.78, 5) is 14.7. The van der Waals surface area contributed by atoms with E-state index in [-0.39, 0.29) is 29.8 Å². The number of aryl methyl sites for hydroxylation is 2. The van der Waals surface area contributed by atoms with Gasteiger partial charge in [-0.1, -0.05) is 12.1 Å². The second-order valence-electron chi connectivity index (χ2n) is 6.33. The van der Waals surface area contributed by atoms with Gasteiger partial charge in [-0.2, -0.15) is 0 Å². The fraction of sp³-hybridized carbons (Fsp3) is 0.286. The van der Waals surface area contributed by atoms with Crippen LogP contribution in [0, 0.1) is 19.7 Å². The van der Waals surface area contributed by atoms with Crippen LogP contribution in [-0.2, 0) is 13.1 Å². The first-order valence-corrected chi connectivity index (χ1v) is 10.2. The summed E-state index contributed by atoms with van der Waals surface area (Å²) in [6, 6.07) is 9.70. The van der Waals surface area contributed by atoms with Crippen LogP contribution in [0.1, 0.15) is 28.1 Å². The molecule has 0 atom stereocenters. The van der Waals surface area contributed by atoms with E-state index in [1.54, 1.807) is 29.7 Å². The number of halogens is 2. The molecule has 3 aromatic rings. The fourth-order valence-electron chi connectivity index (χ4n) is 2.56. The Labute approximate surface area is 197 Å². The van der Waals surface area contributed by atoms with Gasteiger partial charge in [0.2, 0.25) is 5.88 Å². The largest absolute Gasteiger partial charge is 0.439 e. The maximum absolute atomic E-state index is 13.4. The number of aliphatic imine (C=N–C) groups is 1. The van der Waals surface area contributed by atoms with Crippen LogP contribution in [0.5, 0.6) is 11.6 Å². The van der Waals surface area contributed by atoms with Crippen molar-refractivity contribution in [3.63, 3.8) is 0 Å². The van der Waals surface area contributed by atoms with Crippen LogP contribution in [0.2, 0.25) is 0 Å². The van der Waals surface area contributed by atoms with Gasteiger partial charge in [-0.3, -0.25) is 0 Å². The molecule has 0 radical (unpaired) electrons. The van der Waals surface area contributed by atoms with E-state index in [0.29, 0.717) is 30.7 Å². The predicted molar refractivity (Wildman–Crippen MR) is 129 cm³/mol. The number of guanidine groups is 1. The first-order chi connectivity index (χ1) is 14.0. The number of hydrogen-bond donors (Lipinski definition) is 2. The minimum Gasteiger partial charge on any atom is -0.439 e. The highest BCUT2D eigenvalue weighted by Crippen LogP contribution is 2.24. The molecule has 2 aromatic heterocycles. The van der Waals surface area contributed by atoms with Crippen LogP contribution in [0.25, 0.3) is 0 Å². The van der Waals surface area contributed by atoms with E-state index in [0.717, 1.165) is 22.8 Å². The van der Waals surface area contributed by atoms with Crippen LogP contribution in [0.15, 0.2) is 47.6 Å². The van der Waals surface area contributed by atoms with Crippen molar-refractivity contribution in [3.8, 4) is 11.6 Å². The number of thiazole rings is 1. The first kappa shape index (κ1) is 24.0. The highest BCUT2D eigenvalue weighted by Gasteiger charge is 2.08. The van der Waals surface area contributed by atoms with Gasteiger partial charge in [-0.15, -0.1) is 35.3 Å². The summed E-state index contributed by atoms with van der Waals surface area (Å²) in [6.07, 6.45) is 1.64. The molecule has 3 rings (SSSR count). The molecule has 0 aliphatic rings. The second kappa shape index (κ2) is 11.8. The number of benzene rings is 1. The van der Waals surface area contributed by atoms with Crippen LogP contribution in [-0.4, -0.2) is 22.5 Å². The van der Waals surface area contributed by atoms with E-state index in [2.05, 4.69) is 32.5 Å². The van der Waals surface area contributed by atoms with Gasteiger partial charge in [0.1, 0.15) is 16.6 Å². The number of nitrogens with zero attached hydrogens (tertiary/aromatic N) is 3. The number of hydrogen-bond acceptors (Lipinski definition) is 5. The van der Waals surface area contributed by atoms with Crippen molar-refractivity contribution in [2.24, 2.45) is 4.99 Å². The highest BCUT2D eigenvalue weighted by atomic mass is 127. The van der Waals surface area contributed by atoms with Crippen molar-refractivity contribution in [3.05, 3.63) is 69.6 Å². The van der Waals surface area contributed by atoms with Crippen molar-refractivity contribution in [2.75, 3.05) is 6.54 Å². The Hall–Kier alpha value is -2.27. The van der Waals surface area contributed by atoms with Gasteiger partial charge in [0, 0.05) is 29.2 Å². The molecule has 0 aliphatic carbocycles. The summed E-state index contributed by atoms with van der Waals surface area (Å²) in [6.45, 7) is 7.79. The third-order valence-electron chi connectivity index (χ3n) is 4.09. The van der Waals surface area contributed by atoms with E-state index < -0.39 is 0 Å². The Morgan fingerprint density at radius 3 is 2.73 bits per heavy atom. The lowest BCUT2D eigenvalue weighted by Crippen LogP contribution is -2.36. The molecule has 1 aromatic carbocycles. The van der Waals surface area contributed by atoms with E-state index >= 15 is 0 Å². The van der Waals surface area contributed by atoms with Crippen LogP contribution in [0.4, 0.5) is 4.39 Å². The third kappa shape index (κ3) is 6.91. The number of rotatable bonds is 7. The molecule has 0 bridgehead atoms. The Balaban J connectivity index is 0.00000320. The molecule has 30 heavy (non-hydrogen) atoms. The quantitative estimate of drug-likeness (QED) is 0.252. The maximum Gasteiger partial charge on any atom is 0.224 e. The smallest absolute Gasteiger partial charge is 0.224 e. The van der Waals surface area contributed by atoms with E-state index in [9.17, 15) is 4.39 Å². The summed E-state index contributed by atoms with van der Waals surface area (Å²) < 4.78 is 19.2. The summed E-state index contributed by atoms with van der Waals surface area (Å²) >= 11 is 1.68. The zero-order valence-electron chi connectivity index (χ0n) is 17.1. The van der Waals surface area contributed by atoms with Crippen molar-refractivity contribution in [1.29, 1.82) is 0 Å². The molecular weight excluding hydrogens is 516 g/mol. The molecule has 0 amide bonds. The number of aromatic nitrogens is 2. The van der Waals surface area contributed by atoms with Crippen LogP contribution >= 0.6 is 35.3 Å². The Morgan fingerprint density at radius 2 is 2.03 bits per heavy atom. The van der Waals surface area contributed by atoms with E-state index in [4.69, 9.17) is 4.74 Å². The minimum atomic E-state index is -0.357. The predicted octanol–water partition coefficient (Wildman–Crippen LogP) is 4.96. The van der Waals surface area contributed by atoms with E-state index in [1.807, 2.05) is 26.0 Å². The highest BCUT2D eigenvalue weighted by molar-refractivity contribution is 14.0. The van der Waals surface area contributed by atoms with Gasteiger partial charge < -0.3 is 15.4 Å². The summed E-state index contributed by atoms with van der Waals surface area (Å²) in [5, 5.41) is 7.54. The summed E-state index contributed by atoms with van der Waals surface area (Å²) in [7, 11) is 0. The summed E-state index contributed by atoms with van der Waals surface area (Å²) in [5.74, 6) is 1.13. The molecule has 160 valence electrons. The topological polar surface area (TPSA) is 71.4 Å². The molecular formula is C21H25FIN5OS. The lowest BCUT2D eigenvalue weighted by molar-refractivity contribution is 0.452. The van der Waals surface area contributed by atoms with Gasteiger partial charge in [-0.25, -0.2) is 19.4 Å². The third-order valence-corrected chi connectivity index (χ3v) is 5.17. The van der Waals surface area contributed by atoms with Crippen molar-refractivity contribution in [1.82, 2.24) is 20.6 Å². The Kier molecular flexibility index (Phi) is 9.44. The second-order valence-corrected chi connectivity index (χ2v) is 7.61. The van der Waals surface area contributed by atoms with Crippen molar-refractivity contribution < 1.29 is 9.13 Å². The zero-order chi connectivity index (χ0) is 20.6. The molecule has 0 saturated carbocycles. The minimum absolute atomic E-state index is 0. The molecule has 0 unspecified atom stereocenters. The molecule has 0 saturated heterocycles. The lowest BCUT2D eigenvalue weighted by atomic mass is 10.2. The molecule has 2 heterocycles. The molecule has 9 heteroatoms. The molecule has 0 spiro atoms. The van der Waals surface area contributed by atoms with Crippen molar-refractivity contribution >= 4 is 41.3 Å². The Morgan fingerprint density at radius 1 is 1.20 bits per heavy atom. The normalized spacial score (nSPS) is 11.0. The van der Waals surface area contributed by atoms with Gasteiger partial charge in [-0.05, 0) is 39.0 Å². The molecule has 2 N–H and O–H groups in total. The lowest BCUT2D eigenvalue weighted by Gasteiger charge is -2.12. The summed E-state index contributed by atoms with van der Waals surface area (Å²) in [5.41, 5.74) is 1.86. The average molecular weight is 541 g/mol. The van der Waals surface area contributed by atoms with Gasteiger partial charge in [0.25, 0.3) is 0 Å². The van der Waals surface area contributed by atoms with Crippen LogP contribution in [0.3, 0.4) is 0 Å². The first-order valence-electron chi connectivity index (χ1n) is 9.37. The Bertz CT molecular complexity index is 976. The number of ether oxygens (including phenoxy) is 1. The van der Waals surface area contributed by atoms with Gasteiger partial charge >= 0.3 is 0 Å². The van der Waals surface area contributed by atoms with Crippen LogP contribution < -0.4 is 15.4 Å². The maximum atomic E-state index is 13.4. The van der Waals surface area contributed by atoms with Gasteiger partial charge in [0.15, 0.2) is 5.96 Å². The zero-order valence-corrected chi connectivity index (χ0v) is 20.3. The van der Waals surface area contributed by atoms with Gasteiger partial charge in [0.05, 0.1) is 18.8 Å². The van der Waals surface area contributed by atoms with Crippen molar-refractivity contribution in [2.45, 2.75) is 33.9 Å². The number of pyridine rings is 1. The molecule has 0 fully saturated rings. The van der Waals surface area contributed by atoms with E-state index in [1.165, 1.54) is 17.0 Å². The SMILES string of the molecule is CCNC(=NCc1cccnc1Oc1cccc(F)c1)NCc1nc(C)c(C)s1.I. The standard InChI is InChI=1S/C21H24FN5OS.HI/c1-4-23-21(26-13-19-27-14(2)15(3)29-19)25-12-16-7-6-10-24-20(16)28-18-9-5-8-17(22)11-18;/h5-11H,4,12-13H2,1-3H3,(H2,23,25,26);1H. The number of nitrogens with one attached hydrogen (secondary N) is 2. The fourth-order valence-corrected chi connectivity index (χ4v) is 3.43.